The SMILES string of the molecule is CCOC1CCC(Nc2ncc(C(N)=O)c(CC3CCCC3)n2)CC1. The van der Waals surface area contributed by atoms with Crippen molar-refractivity contribution in [3.63, 3.8) is 0 Å². The first-order valence-electron chi connectivity index (χ1n) is 9.69. The second kappa shape index (κ2) is 8.61. The standard InChI is InChI=1S/C19H30N4O2/c1-2-25-15-9-7-14(8-10-15)22-19-21-12-16(18(20)24)17(23-19)11-13-5-3-4-6-13/h12-15H,2-11H2,1H3,(H2,20,24)(H,21,22,23). The van der Waals surface area contributed by atoms with E-state index in [2.05, 4.69) is 15.3 Å². The van der Waals surface area contributed by atoms with Gasteiger partial charge in [-0.25, -0.2) is 9.97 Å². The number of primary amides is 1. The number of ether oxygens (including phenoxy) is 1. The van der Waals surface area contributed by atoms with Crippen LogP contribution in [0.4, 0.5) is 5.95 Å². The molecule has 2 aliphatic carbocycles. The molecule has 0 aromatic carbocycles. The Kier molecular flexibility index (Phi) is 6.24. The summed E-state index contributed by atoms with van der Waals surface area (Å²) in [5, 5.41) is 3.45. The van der Waals surface area contributed by atoms with E-state index in [-0.39, 0.29) is 0 Å². The van der Waals surface area contributed by atoms with Crippen LogP contribution in [0.5, 0.6) is 0 Å². The van der Waals surface area contributed by atoms with E-state index in [0.717, 1.165) is 44.4 Å². The number of hydrogen-bond donors (Lipinski definition) is 2. The van der Waals surface area contributed by atoms with Crippen molar-refractivity contribution >= 4 is 11.9 Å². The van der Waals surface area contributed by atoms with E-state index in [9.17, 15) is 4.79 Å². The van der Waals surface area contributed by atoms with Crippen molar-refractivity contribution in [2.45, 2.75) is 76.9 Å². The Labute approximate surface area is 149 Å². The molecule has 0 aliphatic heterocycles. The maximum Gasteiger partial charge on any atom is 0.252 e. The largest absolute Gasteiger partial charge is 0.379 e. The first-order chi connectivity index (χ1) is 12.2. The number of carbonyl (C=O) groups is 1. The summed E-state index contributed by atoms with van der Waals surface area (Å²) in [6.45, 7) is 2.83. The molecular formula is C19H30N4O2. The van der Waals surface area contributed by atoms with Crippen LogP contribution in [0, 0.1) is 5.92 Å². The Morgan fingerprint density at radius 3 is 2.60 bits per heavy atom. The number of carbonyl (C=O) groups excluding carboxylic acids is 1. The van der Waals surface area contributed by atoms with Gasteiger partial charge in [-0.3, -0.25) is 4.79 Å². The average molecular weight is 346 g/mol. The van der Waals surface area contributed by atoms with Crippen molar-refractivity contribution < 1.29 is 9.53 Å². The topological polar surface area (TPSA) is 90.1 Å². The van der Waals surface area contributed by atoms with E-state index >= 15 is 0 Å². The molecule has 0 radical (unpaired) electrons. The van der Waals surface area contributed by atoms with Gasteiger partial charge in [-0.1, -0.05) is 25.7 Å². The lowest BCUT2D eigenvalue weighted by Gasteiger charge is -2.29. The molecule has 138 valence electrons. The summed E-state index contributed by atoms with van der Waals surface area (Å²) in [6, 6.07) is 0.371. The van der Waals surface area contributed by atoms with E-state index in [1.54, 1.807) is 6.20 Å². The highest BCUT2D eigenvalue weighted by Crippen LogP contribution is 2.29. The van der Waals surface area contributed by atoms with Gasteiger partial charge in [-0.2, -0.15) is 0 Å². The number of nitrogens with two attached hydrogens (primary N) is 1. The van der Waals surface area contributed by atoms with E-state index in [1.807, 2.05) is 6.92 Å². The van der Waals surface area contributed by atoms with Gasteiger partial charge in [0.15, 0.2) is 0 Å². The maximum absolute atomic E-state index is 11.7. The minimum absolute atomic E-state index is 0.371. The van der Waals surface area contributed by atoms with E-state index in [4.69, 9.17) is 10.5 Å². The van der Waals surface area contributed by atoms with E-state index < -0.39 is 5.91 Å². The van der Waals surface area contributed by atoms with Crippen LogP contribution < -0.4 is 11.1 Å². The zero-order valence-corrected chi connectivity index (χ0v) is 15.2. The third-order valence-corrected chi connectivity index (χ3v) is 5.50. The highest BCUT2D eigenvalue weighted by Gasteiger charge is 2.23. The number of rotatable bonds is 7. The Balaban J connectivity index is 1.64. The van der Waals surface area contributed by atoms with Crippen LogP contribution in [-0.2, 0) is 11.2 Å². The van der Waals surface area contributed by atoms with E-state index in [0.29, 0.717) is 29.6 Å². The average Bonchev–Trinajstić information content (AvgIpc) is 3.10. The first-order valence-corrected chi connectivity index (χ1v) is 9.69. The minimum atomic E-state index is -0.434. The fourth-order valence-electron chi connectivity index (χ4n) is 4.13. The summed E-state index contributed by atoms with van der Waals surface area (Å²) < 4.78 is 5.71. The third kappa shape index (κ3) is 4.91. The number of amides is 1. The molecule has 3 N–H and O–H groups in total. The fourth-order valence-corrected chi connectivity index (χ4v) is 4.13. The zero-order valence-electron chi connectivity index (χ0n) is 15.2. The van der Waals surface area contributed by atoms with Gasteiger partial charge >= 0.3 is 0 Å². The second-order valence-corrected chi connectivity index (χ2v) is 7.35. The number of aromatic nitrogens is 2. The lowest BCUT2D eigenvalue weighted by Crippen LogP contribution is -2.30. The Bertz CT molecular complexity index is 579. The van der Waals surface area contributed by atoms with Crippen molar-refractivity contribution in [2.75, 3.05) is 11.9 Å². The molecule has 25 heavy (non-hydrogen) atoms. The summed E-state index contributed by atoms with van der Waals surface area (Å²) >= 11 is 0. The Morgan fingerprint density at radius 2 is 1.96 bits per heavy atom. The molecule has 1 amide bonds. The van der Waals surface area contributed by atoms with Crippen molar-refractivity contribution in [3.05, 3.63) is 17.5 Å². The van der Waals surface area contributed by atoms with Crippen LogP contribution in [-0.4, -0.2) is 34.6 Å². The Morgan fingerprint density at radius 1 is 1.24 bits per heavy atom. The predicted octanol–water partition coefficient (Wildman–Crippen LogP) is 3.07. The number of nitrogens with zero attached hydrogens (tertiary/aromatic N) is 2. The summed E-state index contributed by atoms with van der Waals surface area (Å²) in [5.41, 5.74) is 6.79. The highest BCUT2D eigenvalue weighted by atomic mass is 16.5. The van der Waals surface area contributed by atoms with Crippen molar-refractivity contribution in [2.24, 2.45) is 11.7 Å². The molecule has 1 heterocycles. The van der Waals surface area contributed by atoms with Crippen molar-refractivity contribution in [1.29, 1.82) is 0 Å². The molecule has 1 aromatic rings. The van der Waals surface area contributed by atoms with Crippen LogP contribution in [0.2, 0.25) is 0 Å². The summed E-state index contributed by atoms with van der Waals surface area (Å²) in [4.78, 5) is 20.7. The molecule has 2 saturated carbocycles. The maximum atomic E-state index is 11.7. The molecule has 0 unspecified atom stereocenters. The fraction of sp³-hybridized carbons (Fsp3) is 0.737. The Hall–Kier alpha value is -1.69. The molecule has 2 aliphatic rings. The van der Waals surface area contributed by atoms with Crippen molar-refractivity contribution in [1.82, 2.24) is 9.97 Å². The van der Waals surface area contributed by atoms with Gasteiger partial charge in [0.2, 0.25) is 5.95 Å². The third-order valence-electron chi connectivity index (χ3n) is 5.50. The number of anilines is 1. The molecule has 2 fully saturated rings. The summed E-state index contributed by atoms with van der Waals surface area (Å²) in [7, 11) is 0. The van der Waals surface area contributed by atoms with Crippen LogP contribution >= 0.6 is 0 Å². The number of nitrogens with one attached hydrogen (secondary N) is 1. The molecule has 0 bridgehead atoms. The minimum Gasteiger partial charge on any atom is -0.379 e. The highest BCUT2D eigenvalue weighted by molar-refractivity contribution is 5.93. The molecule has 3 rings (SSSR count). The van der Waals surface area contributed by atoms with Gasteiger partial charge in [0, 0.05) is 18.8 Å². The van der Waals surface area contributed by atoms with Crippen LogP contribution in [0.3, 0.4) is 0 Å². The van der Waals surface area contributed by atoms with E-state index in [1.165, 1.54) is 25.7 Å². The van der Waals surface area contributed by atoms with Gasteiger partial charge in [-0.05, 0) is 44.9 Å². The molecular weight excluding hydrogens is 316 g/mol. The monoisotopic (exact) mass is 346 g/mol. The van der Waals surface area contributed by atoms with Crippen LogP contribution in [0.1, 0.15) is 74.3 Å². The smallest absolute Gasteiger partial charge is 0.252 e. The quantitative estimate of drug-likeness (QED) is 0.792. The summed E-state index contributed by atoms with van der Waals surface area (Å²) in [6.07, 6.45) is 12.0. The molecule has 0 atom stereocenters. The van der Waals surface area contributed by atoms with Gasteiger partial charge < -0.3 is 15.8 Å². The molecule has 6 nitrogen and oxygen atoms in total. The predicted molar refractivity (Wildman–Crippen MR) is 97.5 cm³/mol. The van der Waals surface area contributed by atoms with Crippen LogP contribution in [0.25, 0.3) is 0 Å². The van der Waals surface area contributed by atoms with Gasteiger partial charge in [0.1, 0.15) is 0 Å². The zero-order chi connectivity index (χ0) is 17.6. The lowest BCUT2D eigenvalue weighted by molar-refractivity contribution is 0.0346. The molecule has 0 spiro atoms. The van der Waals surface area contributed by atoms with Gasteiger partial charge in [-0.15, -0.1) is 0 Å². The normalized spacial score (nSPS) is 24.4. The lowest BCUT2D eigenvalue weighted by atomic mass is 9.93. The van der Waals surface area contributed by atoms with Crippen LogP contribution in [0.15, 0.2) is 6.20 Å². The summed E-state index contributed by atoms with van der Waals surface area (Å²) in [5.74, 6) is 0.803. The second-order valence-electron chi connectivity index (χ2n) is 7.35. The number of hydrogen-bond acceptors (Lipinski definition) is 5. The molecule has 1 aromatic heterocycles. The molecule has 6 heteroatoms. The first kappa shape index (κ1) is 18.1. The van der Waals surface area contributed by atoms with Gasteiger partial charge in [0.25, 0.3) is 5.91 Å². The molecule has 0 saturated heterocycles. The van der Waals surface area contributed by atoms with Gasteiger partial charge in [0.05, 0.1) is 17.4 Å². The van der Waals surface area contributed by atoms with Crippen molar-refractivity contribution in [3.8, 4) is 0 Å².